The van der Waals surface area contributed by atoms with Gasteiger partial charge in [-0.05, 0) is 36.0 Å². The molecule has 2 atom stereocenters. The van der Waals surface area contributed by atoms with Gasteiger partial charge in [-0.2, -0.15) is 0 Å². The number of hydrogen-bond donors (Lipinski definition) is 2. The van der Waals surface area contributed by atoms with Crippen LogP contribution in [0, 0.1) is 0 Å². The maximum absolute atomic E-state index is 11.2. The fraction of sp³-hybridized carbons (Fsp3) is 0.217. The second-order valence-electron chi connectivity index (χ2n) is 6.78. The van der Waals surface area contributed by atoms with Gasteiger partial charge in [-0.1, -0.05) is 66.7 Å². The van der Waals surface area contributed by atoms with E-state index in [0.717, 1.165) is 17.6 Å². The molecular formula is C23H25N3O3. The largest absolute Gasteiger partial charge is 0.479 e. The smallest absolute Gasteiger partial charge is 0.334 e. The summed E-state index contributed by atoms with van der Waals surface area (Å²) in [6, 6.07) is 20.4. The molecule has 150 valence electrons. The van der Waals surface area contributed by atoms with E-state index in [1.165, 1.54) is 5.56 Å². The Balaban J connectivity index is 1.94. The van der Waals surface area contributed by atoms with E-state index in [4.69, 9.17) is 5.90 Å². The third kappa shape index (κ3) is 5.63. The molecule has 1 aromatic heterocycles. The number of allylic oxidation sites excluding steroid dienone is 2. The molecule has 3 N–H and O–H groups in total. The molecule has 2 aromatic carbocycles. The van der Waals surface area contributed by atoms with Gasteiger partial charge >= 0.3 is 5.97 Å². The molecule has 0 amide bonds. The van der Waals surface area contributed by atoms with E-state index >= 15 is 0 Å². The molecule has 6 heteroatoms. The summed E-state index contributed by atoms with van der Waals surface area (Å²) in [5.41, 5.74) is 3.40. The Bertz CT molecular complexity index is 909. The van der Waals surface area contributed by atoms with Gasteiger partial charge in [-0.25, -0.2) is 15.7 Å². The molecule has 0 aliphatic carbocycles. The van der Waals surface area contributed by atoms with Gasteiger partial charge < -0.3 is 9.67 Å². The van der Waals surface area contributed by atoms with Gasteiger partial charge in [0.1, 0.15) is 0 Å². The lowest BCUT2D eigenvalue weighted by atomic mass is 9.91. The highest BCUT2D eigenvalue weighted by Crippen LogP contribution is 2.31. The summed E-state index contributed by atoms with van der Waals surface area (Å²) in [7, 11) is 0. The topological polar surface area (TPSA) is 90.4 Å². The Hall–Kier alpha value is -3.22. The lowest BCUT2D eigenvalue weighted by Crippen LogP contribution is -2.26. The number of hydrogen-bond acceptors (Lipinski definition) is 4. The zero-order chi connectivity index (χ0) is 20.5. The zero-order valence-corrected chi connectivity index (χ0v) is 16.1. The number of aliphatic carboxylic acids is 1. The van der Waals surface area contributed by atoms with Crippen LogP contribution in [-0.4, -0.2) is 26.7 Å². The van der Waals surface area contributed by atoms with Crippen LogP contribution in [0.15, 0.2) is 85.5 Å². The highest BCUT2D eigenvalue weighted by Gasteiger charge is 2.20. The number of benzene rings is 2. The summed E-state index contributed by atoms with van der Waals surface area (Å²) in [6.07, 6.45) is 8.20. The maximum atomic E-state index is 11.2. The number of nitrogens with zero attached hydrogens (tertiary/aromatic N) is 2. The van der Waals surface area contributed by atoms with Gasteiger partial charge in [0.05, 0.1) is 12.4 Å². The second kappa shape index (κ2) is 10.4. The van der Waals surface area contributed by atoms with E-state index in [-0.39, 0.29) is 6.04 Å². The number of rotatable bonds is 10. The maximum Gasteiger partial charge on any atom is 0.334 e. The van der Waals surface area contributed by atoms with Gasteiger partial charge in [-0.3, -0.25) is 4.84 Å². The summed E-state index contributed by atoms with van der Waals surface area (Å²) < 4.78 is 2.08. The quantitative estimate of drug-likeness (QED) is 0.512. The zero-order valence-electron chi connectivity index (χ0n) is 16.1. The third-order valence-corrected chi connectivity index (χ3v) is 4.86. The molecule has 1 heterocycles. The predicted octanol–water partition coefficient (Wildman–Crippen LogP) is 3.87. The normalized spacial score (nSPS) is 13.8. The Morgan fingerprint density at radius 3 is 2.41 bits per heavy atom. The minimum absolute atomic E-state index is 0.0179. The number of aromatic nitrogens is 2. The minimum Gasteiger partial charge on any atom is -0.479 e. The van der Waals surface area contributed by atoms with Crippen LogP contribution in [0.5, 0.6) is 0 Å². The first-order chi connectivity index (χ1) is 14.2. The van der Waals surface area contributed by atoms with Crippen molar-refractivity contribution in [3.05, 3.63) is 96.6 Å². The number of carboxylic acid groups (broad SMARTS) is 1. The third-order valence-electron chi connectivity index (χ3n) is 4.86. The fourth-order valence-electron chi connectivity index (χ4n) is 3.38. The summed E-state index contributed by atoms with van der Waals surface area (Å²) in [4.78, 5) is 20.0. The van der Waals surface area contributed by atoms with Gasteiger partial charge in [0.15, 0.2) is 6.10 Å². The van der Waals surface area contributed by atoms with Crippen molar-refractivity contribution in [3.63, 3.8) is 0 Å². The average Bonchev–Trinajstić information content (AvgIpc) is 3.28. The van der Waals surface area contributed by atoms with Crippen molar-refractivity contribution in [2.45, 2.75) is 31.4 Å². The fourth-order valence-corrected chi connectivity index (χ4v) is 3.38. The first-order valence-electron chi connectivity index (χ1n) is 9.54. The van der Waals surface area contributed by atoms with Crippen molar-refractivity contribution < 1.29 is 14.7 Å². The van der Waals surface area contributed by atoms with E-state index in [2.05, 4.69) is 44.7 Å². The molecule has 3 aromatic rings. The van der Waals surface area contributed by atoms with E-state index in [1.54, 1.807) is 6.20 Å². The Labute approximate surface area is 170 Å². The molecule has 29 heavy (non-hydrogen) atoms. The molecule has 0 bridgehead atoms. The molecule has 0 fully saturated rings. The van der Waals surface area contributed by atoms with Crippen molar-refractivity contribution in [1.82, 2.24) is 9.55 Å². The van der Waals surface area contributed by atoms with Gasteiger partial charge in [-0.15, -0.1) is 0 Å². The van der Waals surface area contributed by atoms with E-state index in [9.17, 15) is 9.90 Å². The van der Waals surface area contributed by atoms with Gasteiger partial charge in [0.25, 0.3) is 0 Å². The van der Waals surface area contributed by atoms with Crippen molar-refractivity contribution >= 4 is 11.5 Å². The van der Waals surface area contributed by atoms with Crippen molar-refractivity contribution in [1.29, 1.82) is 0 Å². The highest BCUT2D eigenvalue weighted by atomic mass is 16.6. The first-order valence-corrected chi connectivity index (χ1v) is 9.54. The Morgan fingerprint density at radius 1 is 1.14 bits per heavy atom. The molecule has 0 saturated carbocycles. The van der Waals surface area contributed by atoms with Gasteiger partial charge in [0.2, 0.25) is 0 Å². The highest BCUT2D eigenvalue weighted by molar-refractivity contribution is 5.72. The molecule has 3 rings (SSSR count). The van der Waals surface area contributed by atoms with E-state index in [0.29, 0.717) is 12.8 Å². The summed E-state index contributed by atoms with van der Waals surface area (Å²) in [6.45, 7) is 0. The van der Waals surface area contributed by atoms with Crippen LogP contribution in [0.1, 0.15) is 30.0 Å². The van der Waals surface area contributed by atoms with Crippen LogP contribution in [0.2, 0.25) is 0 Å². The van der Waals surface area contributed by atoms with Crippen LogP contribution >= 0.6 is 0 Å². The van der Waals surface area contributed by atoms with Crippen LogP contribution in [0.4, 0.5) is 0 Å². The Morgan fingerprint density at radius 2 is 1.83 bits per heavy atom. The summed E-state index contributed by atoms with van der Waals surface area (Å²) in [5, 5.41) is 9.17. The number of nitrogens with two attached hydrogens (primary N) is 1. The first kappa shape index (κ1) is 20.5. The van der Waals surface area contributed by atoms with E-state index in [1.807, 2.05) is 48.9 Å². The van der Waals surface area contributed by atoms with Crippen LogP contribution in [0.25, 0.3) is 5.57 Å². The lowest BCUT2D eigenvalue weighted by Gasteiger charge is -2.23. The molecule has 0 radical (unpaired) electrons. The minimum atomic E-state index is -1.06. The summed E-state index contributed by atoms with van der Waals surface area (Å²) >= 11 is 0. The van der Waals surface area contributed by atoms with Crippen LogP contribution in [0.3, 0.4) is 0 Å². The summed E-state index contributed by atoms with van der Waals surface area (Å²) in [5.74, 6) is 4.07. The van der Waals surface area contributed by atoms with E-state index < -0.39 is 12.1 Å². The van der Waals surface area contributed by atoms with Crippen LogP contribution < -0.4 is 5.90 Å². The number of carboxylic acids is 1. The number of carbonyl (C=O) groups is 1. The van der Waals surface area contributed by atoms with Crippen LogP contribution in [-0.2, 0) is 16.1 Å². The van der Waals surface area contributed by atoms with Crippen molar-refractivity contribution in [2.24, 2.45) is 5.90 Å². The molecular weight excluding hydrogens is 366 g/mol. The monoisotopic (exact) mass is 391 g/mol. The standard InChI is InChI=1S/C23H25N3O3/c24-29-22(23(27)28)13-7-12-20(19-10-5-2-6-11-19)21(26-15-14-25-17-26)16-18-8-3-1-4-9-18/h1-6,8-12,14-15,17,21-22H,7,13,16,24H2,(H,27,28). The Kier molecular flexibility index (Phi) is 7.33. The second-order valence-corrected chi connectivity index (χ2v) is 6.78. The van der Waals surface area contributed by atoms with Crippen molar-refractivity contribution in [3.8, 4) is 0 Å². The molecule has 0 spiro atoms. The predicted molar refractivity (Wildman–Crippen MR) is 112 cm³/mol. The molecule has 0 aliphatic rings. The average molecular weight is 391 g/mol. The molecule has 0 saturated heterocycles. The SMILES string of the molecule is NOC(CCC=C(c1ccccc1)C(Cc1ccccc1)n1ccnc1)C(=O)O. The van der Waals surface area contributed by atoms with Crippen molar-refractivity contribution in [2.75, 3.05) is 0 Å². The molecule has 2 unspecified atom stereocenters. The number of imidazole rings is 1. The van der Waals surface area contributed by atoms with Gasteiger partial charge in [0, 0.05) is 12.4 Å². The molecule has 6 nitrogen and oxygen atoms in total. The molecule has 0 aliphatic heterocycles. The lowest BCUT2D eigenvalue weighted by molar-refractivity contribution is -0.151.